The first-order valence-corrected chi connectivity index (χ1v) is 8.25. The van der Waals surface area contributed by atoms with Gasteiger partial charge in [-0.2, -0.15) is 0 Å². The van der Waals surface area contributed by atoms with E-state index in [-0.39, 0.29) is 5.91 Å². The van der Waals surface area contributed by atoms with Gasteiger partial charge in [-0.25, -0.2) is 0 Å². The number of benzene rings is 2. The van der Waals surface area contributed by atoms with Crippen LogP contribution >= 0.6 is 0 Å². The van der Waals surface area contributed by atoms with E-state index in [9.17, 15) is 4.79 Å². The number of carbonyl (C=O) groups is 1. The summed E-state index contributed by atoms with van der Waals surface area (Å²) in [5.41, 5.74) is 5.82. The number of para-hydroxylation sites is 2. The maximum absolute atomic E-state index is 12.9. The third kappa shape index (κ3) is 2.98. The number of carbonyl (C=O) groups excluding carboxylic acids is 1. The highest BCUT2D eigenvalue weighted by molar-refractivity contribution is 6.07. The van der Waals surface area contributed by atoms with Gasteiger partial charge in [0.1, 0.15) is 0 Å². The van der Waals surface area contributed by atoms with Crippen molar-refractivity contribution in [2.24, 2.45) is 0 Å². The van der Waals surface area contributed by atoms with Crippen LogP contribution in [0.5, 0.6) is 0 Å². The zero-order chi connectivity index (χ0) is 17.1. The van der Waals surface area contributed by atoms with Crippen LogP contribution in [0.25, 0.3) is 5.69 Å². The van der Waals surface area contributed by atoms with E-state index in [2.05, 4.69) is 28.9 Å². The molecule has 0 saturated heterocycles. The summed E-state index contributed by atoms with van der Waals surface area (Å²) in [5, 5.41) is 3.07. The molecule has 0 aliphatic carbocycles. The maximum Gasteiger partial charge on any atom is 0.257 e. The third-order valence-electron chi connectivity index (χ3n) is 4.31. The first kappa shape index (κ1) is 16.1. The van der Waals surface area contributed by atoms with Crippen molar-refractivity contribution in [3.05, 3.63) is 83.2 Å². The van der Waals surface area contributed by atoms with Gasteiger partial charge in [0.15, 0.2) is 0 Å². The van der Waals surface area contributed by atoms with E-state index >= 15 is 0 Å². The van der Waals surface area contributed by atoms with Crippen LogP contribution in [0.3, 0.4) is 0 Å². The molecule has 3 heteroatoms. The monoisotopic (exact) mass is 318 g/mol. The Morgan fingerprint density at radius 3 is 2.25 bits per heavy atom. The molecule has 24 heavy (non-hydrogen) atoms. The van der Waals surface area contributed by atoms with Gasteiger partial charge in [-0.15, -0.1) is 0 Å². The normalized spacial score (nSPS) is 10.6. The predicted molar refractivity (Wildman–Crippen MR) is 99.0 cm³/mol. The standard InChI is InChI=1S/C21H22N2O/c1-4-17-9-5-7-11-19(17)22-21(24)18-10-6-8-12-20(18)23-15(2)13-14-16(23)3/h5-14H,4H2,1-3H3,(H,22,24). The van der Waals surface area contributed by atoms with Crippen molar-refractivity contribution in [3.8, 4) is 5.69 Å². The van der Waals surface area contributed by atoms with Crippen LogP contribution in [-0.2, 0) is 6.42 Å². The molecule has 1 heterocycles. The lowest BCUT2D eigenvalue weighted by Gasteiger charge is -2.15. The van der Waals surface area contributed by atoms with E-state index in [1.165, 1.54) is 0 Å². The van der Waals surface area contributed by atoms with Gasteiger partial charge in [-0.1, -0.05) is 37.3 Å². The molecule has 3 aromatic rings. The Hall–Kier alpha value is -2.81. The minimum Gasteiger partial charge on any atom is -0.322 e. The molecule has 3 rings (SSSR count). The smallest absolute Gasteiger partial charge is 0.257 e. The molecule has 0 fully saturated rings. The number of amides is 1. The molecule has 0 unspecified atom stereocenters. The Bertz CT molecular complexity index is 858. The number of aromatic nitrogens is 1. The van der Waals surface area contributed by atoms with Gasteiger partial charge >= 0.3 is 0 Å². The number of aryl methyl sites for hydroxylation is 3. The third-order valence-corrected chi connectivity index (χ3v) is 4.31. The summed E-state index contributed by atoms with van der Waals surface area (Å²) in [6.45, 7) is 6.19. The molecule has 122 valence electrons. The lowest BCUT2D eigenvalue weighted by Crippen LogP contribution is -2.16. The fraction of sp³-hybridized carbons (Fsp3) is 0.190. The molecule has 0 bridgehead atoms. The average Bonchev–Trinajstić information content (AvgIpc) is 2.94. The molecule has 2 aromatic carbocycles. The number of anilines is 1. The van der Waals surface area contributed by atoms with Gasteiger partial charge in [0.2, 0.25) is 0 Å². The first-order chi connectivity index (χ1) is 11.6. The first-order valence-electron chi connectivity index (χ1n) is 8.25. The van der Waals surface area contributed by atoms with Crippen LogP contribution in [0.2, 0.25) is 0 Å². The quantitative estimate of drug-likeness (QED) is 0.728. The molecule has 0 saturated carbocycles. The Morgan fingerprint density at radius 2 is 1.54 bits per heavy atom. The number of hydrogen-bond acceptors (Lipinski definition) is 1. The molecular formula is C21H22N2O. The van der Waals surface area contributed by atoms with Crippen LogP contribution < -0.4 is 5.32 Å². The second-order valence-corrected chi connectivity index (χ2v) is 5.93. The number of nitrogens with zero attached hydrogens (tertiary/aromatic N) is 1. The van der Waals surface area contributed by atoms with E-state index in [1.54, 1.807) is 0 Å². The van der Waals surface area contributed by atoms with Gasteiger partial charge in [-0.3, -0.25) is 4.79 Å². The van der Waals surface area contributed by atoms with Gasteiger partial charge in [0.05, 0.1) is 11.3 Å². The highest BCUT2D eigenvalue weighted by Gasteiger charge is 2.15. The van der Waals surface area contributed by atoms with Gasteiger partial charge < -0.3 is 9.88 Å². The molecule has 1 amide bonds. The highest BCUT2D eigenvalue weighted by Crippen LogP contribution is 2.22. The zero-order valence-electron chi connectivity index (χ0n) is 14.3. The van der Waals surface area contributed by atoms with Crippen LogP contribution in [0.4, 0.5) is 5.69 Å². The number of hydrogen-bond donors (Lipinski definition) is 1. The van der Waals surface area contributed by atoms with Gasteiger partial charge in [0.25, 0.3) is 5.91 Å². The summed E-state index contributed by atoms with van der Waals surface area (Å²) in [5.74, 6) is -0.0843. The van der Waals surface area contributed by atoms with Crippen molar-refractivity contribution < 1.29 is 4.79 Å². The molecule has 0 aliphatic rings. The fourth-order valence-corrected chi connectivity index (χ4v) is 3.05. The van der Waals surface area contributed by atoms with E-state index in [4.69, 9.17) is 0 Å². The van der Waals surface area contributed by atoms with Crippen LogP contribution in [-0.4, -0.2) is 10.5 Å². The van der Waals surface area contributed by atoms with Gasteiger partial charge in [-0.05, 0) is 56.2 Å². The molecule has 0 radical (unpaired) electrons. The fourth-order valence-electron chi connectivity index (χ4n) is 3.05. The van der Waals surface area contributed by atoms with E-state index in [0.29, 0.717) is 5.56 Å². The molecule has 1 N–H and O–H groups in total. The summed E-state index contributed by atoms with van der Waals surface area (Å²) in [4.78, 5) is 12.9. The van der Waals surface area contributed by atoms with Crippen molar-refractivity contribution >= 4 is 11.6 Å². The highest BCUT2D eigenvalue weighted by atomic mass is 16.1. The SMILES string of the molecule is CCc1ccccc1NC(=O)c1ccccc1-n1c(C)ccc1C. The second-order valence-electron chi connectivity index (χ2n) is 5.93. The Kier molecular flexibility index (Phi) is 4.52. The van der Waals surface area contributed by atoms with E-state index < -0.39 is 0 Å². The average molecular weight is 318 g/mol. The molecule has 1 aromatic heterocycles. The topological polar surface area (TPSA) is 34.0 Å². The minimum absolute atomic E-state index is 0.0843. The van der Waals surface area contributed by atoms with E-state index in [1.807, 2.05) is 62.4 Å². The summed E-state index contributed by atoms with van der Waals surface area (Å²) in [7, 11) is 0. The summed E-state index contributed by atoms with van der Waals surface area (Å²) < 4.78 is 2.11. The van der Waals surface area contributed by atoms with Crippen molar-refractivity contribution in [2.75, 3.05) is 5.32 Å². The molecule has 0 spiro atoms. The maximum atomic E-state index is 12.9. The summed E-state index contributed by atoms with van der Waals surface area (Å²) in [6.07, 6.45) is 0.883. The Labute approximate surface area is 143 Å². The number of nitrogens with one attached hydrogen (secondary N) is 1. The second kappa shape index (κ2) is 6.75. The number of rotatable bonds is 4. The summed E-state index contributed by atoms with van der Waals surface area (Å²) >= 11 is 0. The predicted octanol–water partition coefficient (Wildman–Crippen LogP) is 4.91. The molecular weight excluding hydrogens is 296 g/mol. The van der Waals surface area contributed by atoms with Crippen molar-refractivity contribution in [1.29, 1.82) is 0 Å². The Morgan fingerprint density at radius 1 is 0.917 bits per heavy atom. The van der Waals surface area contributed by atoms with Crippen molar-refractivity contribution in [1.82, 2.24) is 4.57 Å². The molecule has 0 aliphatic heterocycles. The Balaban J connectivity index is 2.00. The van der Waals surface area contributed by atoms with Crippen molar-refractivity contribution in [3.63, 3.8) is 0 Å². The van der Waals surface area contributed by atoms with Crippen molar-refractivity contribution in [2.45, 2.75) is 27.2 Å². The lowest BCUT2D eigenvalue weighted by molar-refractivity contribution is 0.102. The van der Waals surface area contributed by atoms with Crippen LogP contribution in [0.1, 0.15) is 34.2 Å². The zero-order valence-corrected chi connectivity index (χ0v) is 14.3. The summed E-state index contributed by atoms with van der Waals surface area (Å²) in [6, 6.07) is 19.8. The molecule has 0 atom stereocenters. The largest absolute Gasteiger partial charge is 0.322 e. The molecule has 3 nitrogen and oxygen atoms in total. The van der Waals surface area contributed by atoms with Crippen LogP contribution in [0.15, 0.2) is 60.7 Å². The minimum atomic E-state index is -0.0843. The lowest BCUT2D eigenvalue weighted by atomic mass is 10.1. The van der Waals surface area contributed by atoms with Gasteiger partial charge in [0, 0.05) is 17.1 Å². The van der Waals surface area contributed by atoms with E-state index in [0.717, 1.165) is 34.7 Å². The van der Waals surface area contributed by atoms with Crippen LogP contribution in [0, 0.1) is 13.8 Å².